The highest BCUT2D eigenvalue weighted by Gasteiger charge is 2.39. The molecule has 3 atom stereocenters. The van der Waals surface area contributed by atoms with Crippen LogP contribution < -0.4 is 26.6 Å². The Labute approximate surface area is 262 Å². The molecule has 1 aromatic carbocycles. The summed E-state index contributed by atoms with van der Waals surface area (Å²) in [5, 5.41) is 10.3. The number of anilines is 1. The largest absolute Gasteiger partial charge is 0.674 e. The van der Waals surface area contributed by atoms with E-state index in [1.54, 1.807) is 26.2 Å². The van der Waals surface area contributed by atoms with Crippen LogP contribution in [-0.4, -0.2) is 99.9 Å². The average Bonchev–Trinajstić information content (AvgIpc) is 3.03. The molecular weight excluding hydrogens is 562 g/mol. The van der Waals surface area contributed by atoms with Gasteiger partial charge in [-0.05, 0) is 112 Å². The Morgan fingerprint density at radius 1 is 1.14 bits per heavy atom. The normalized spacial score (nSPS) is 25.3. The molecule has 0 bridgehead atoms. The van der Waals surface area contributed by atoms with Crippen LogP contribution in [0.15, 0.2) is 18.3 Å². The second-order valence-corrected chi connectivity index (χ2v) is 13.3. The number of aryl methyl sites for hydroxylation is 1. The van der Waals surface area contributed by atoms with E-state index in [1.165, 1.54) is 19.4 Å². The van der Waals surface area contributed by atoms with E-state index in [-0.39, 0.29) is 30.0 Å². The first-order valence-corrected chi connectivity index (χ1v) is 16.7. The third-order valence-electron chi connectivity index (χ3n) is 10.4. The van der Waals surface area contributed by atoms with E-state index < -0.39 is 12.6 Å². The highest BCUT2D eigenvalue weighted by molar-refractivity contribution is 5.75. The predicted octanol–water partition coefficient (Wildman–Crippen LogP) is 3.56. The lowest BCUT2D eigenvalue weighted by Gasteiger charge is -2.48. The number of nitrogens with zero attached hydrogens (tertiary/aromatic N) is 3. The molecule has 4 heterocycles. The fourth-order valence-corrected chi connectivity index (χ4v) is 7.91. The first-order chi connectivity index (χ1) is 21.3. The number of amides is 1. The minimum atomic E-state index is -2.67. The van der Waals surface area contributed by atoms with Gasteiger partial charge in [0.1, 0.15) is 0 Å². The van der Waals surface area contributed by atoms with Crippen molar-refractivity contribution >= 4 is 17.2 Å². The minimum Gasteiger partial charge on any atom is -0.674 e. The highest BCUT2D eigenvalue weighted by Crippen LogP contribution is 2.39. The van der Waals surface area contributed by atoms with Crippen LogP contribution in [0.25, 0.3) is 11.3 Å². The van der Waals surface area contributed by atoms with E-state index in [9.17, 15) is 13.6 Å². The molecule has 4 aliphatic rings. The lowest BCUT2D eigenvalue weighted by molar-refractivity contribution is -0.131. The number of likely N-dealkylation sites (tertiary alicyclic amines) is 2. The molecule has 4 aliphatic heterocycles. The lowest BCUT2D eigenvalue weighted by Crippen LogP contribution is -2.63. The van der Waals surface area contributed by atoms with Crippen molar-refractivity contribution in [1.82, 2.24) is 25.8 Å². The number of carbonyl (C=O) groups is 1. The first-order valence-electron chi connectivity index (χ1n) is 16.7. The topological polar surface area (TPSA) is 113 Å². The number of hydrogen-bond donors (Lipinski definition) is 4. The maximum atomic E-state index is 14.4. The number of rotatable bonds is 10. The van der Waals surface area contributed by atoms with Crippen LogP contribution in [0.4, 0.5) is 14.5 Å². The van der Waals surface area contributed by atoms with Gasteiger partial charge in [-0.25, -0.2) is 8.78 Å². The average molecular weight is 616 g/mol. The molecule has 246 valence electrons. The first kappa shape index (κ1) is 33.1. The molecule has 6 N–H and O–H groups in total. The van der Waals surface area contributed by atoms with Gasteiger partial charge in [0.2, 0.25) is 5.91 Å². The Bertz CT molecular complexity index is 1140. The van der Waals surface area contributed by atoms with Gasteiger partial charge in [0.15, 0.2) is 0 Å². The Balaban J connectivity index is 1.32. The summed E-state index contributed by atoms with van der Waals surface area (Å²) in [4.78, 5) is 19.1. The number of carbonyl (C=O) groups excluding carboxylic acids is 1. The van der Waals surface area contributed by atoms with Crippen molar-refractivity contribution in [1.29, 1.82) is 0 Å². The molecule has 11 heteroatoms. The lowest BCUT2D eigenvalue weighted by atomic mass is 9.85. The predicted molar refractivity (Wildman–Crippen MR) is 174 cm³/mol. The fourth-order valence-electron chi connectivity index (χ4n) is 7.91. The van der Waals surface area contributed by atoms with Gasteiger partial charge in [-0.1, -0.05) is 0 Å². The van der Waals surface area contributed by atoms with Crippen molar-refractivity contribution in [2.45, 2.75) is 76.5 Å². The summed E-state index contributed by atoms with van der Waals surface area (Å²) >= 11 is 0. The van der Waals surface area contributed by atoms with Gasteiger partial charge in [0.05, 0.1) is 6.17 Å². The van der Waals surface area contributed by atoms with Gasteiger partial charge in [0, 0.05) is 69.4 Å². The zero-order valence-corrected chi connectivity index (χ0v) is 26.6. The molecule has 3 unspecified atom stereocenters. The van der Waals surface area contributed by atoms with Crippen LogP contribution in [0, 0.1) is 11.8 Å². The third-order valence-corrected chi connectivity index (χ3v) is 10.4. The quantitative estimate of drug-likeness (QED) is 0.319. The number of hydrogen-bond acceptors (Lipinski definition) is 7. The molecule has 3 saturated heterocycles. The fraction of sp³-hybridized carbons (Fsp3) is 0.727. The second-order valence-electron chi connectivity index (χ2n) is 13.3. The van der Waals surface area contributed by atoms with Crippen LogP contribution in [0.5, 0.6) is 0 Å². The second kappa shape index (κ2) is 15.3. The summed E-state index contributed by atoms with van der Waals surface area (Å²) in [7, 11) is 1.72. The van der Waals surface area contributed by atoms with Gasteiger partial charge in [-0.2, -0.15) is 0 Å². The number of alkyl halides is 2. The summed E-state index contributed by atoms with van der Waals surface area (Å²) in [6.45, 7) is 9.14. The molecule has 0 radical (unpaired) electrons. The van der Waals surface area contributed by atoms with Crippen LogP contribution in [0.1, 0.15) is 68.6 Å². The molecule has 1 aromatic rings. The minimum absolute atomic E-state index is 0.0333. The Morgan fingerprint density at radius 2 is 1.89 bits per heavy atom. The summed E-state index contributed by atoms with van der Waals surface area (Å²) in [5.41, 5.74) is 17.7. The Morgan fingerprint density at radius 3 is 2.55 bits per heavy atom. The maximum absolute atomic E-state index is 14.4. The number of nitrogens with one attached hydrogen (secondary N) is 4. The zero-order chi connectivity index (χ0) is 31.2. The van der Waals surface area contributed by atoms with E-state index in [1.807, 2.05) is 11.0 Å². The number of halogens is 2. The summed E-state index contributed by atoms with van der Waals surface area (Å²) in [6.07, 6.45) is 5.77. The van der Waals surface area contributed by atoms with Crippen molar-refractivity contribution in [2.24, 2.45) is 17.6 Å². The van der Waals surface area contributed by atoms with E-state index in [0.717, 1.165) is 75.5 Å². The standard InChI is InChI=1S/C33H53F2N8O/c1-22(44)42-15-9-30(40-26-7-13-41(14-8-26)20-23-5-10-39-11-6-23)29(21-42)33(37)43-12-3-4-24-16-27(25(18-36)19-38-2)28(32(34)35)17-31(24)43/h16-17,19,23,26,29-30,32-33,36,38-40H,3-15,18,20-21,37H2,1-2H3/q-1/b25-19+. The van der Waals surface area contributed by atoms with E-state index in [4.69, 9.17) is 11.5 Å². The van der Waals surface area contributed by atoms with Crippen LogP contribution >= 0.6 is 0 Å². The monoisotopic (exact) mass is 615 g/mol. The van der Waals surface area contributed by atoms with Crippen molar-refractivity contribution in [3.63, 3.8) is 0 Å². The van der Waals surface area contributed by atoms with Gasteiger partial charge in [-0.3, -0.25) is 4.79 Å². The van der Waals surface area contributed by atoms with Gasteiger partial charge >= 0.3 is 0 Å². The molecular formula is C33H53F2N8O-. The number of piperidine rings is 3. The van der Waals surface area contributed by atoms with Crippen molar-refractivity contribution in [3.8, 4) is 0 Å². The smallest absolute Gasteiger partial charge is 0.264 e. The van der Waals surface area contributed by atoms with Crippen molar-refractivity contribution < 1.29 is 13.6 Å². The highest BCUT2D eigenvalue weighted by atomic mass is 19.3. The van der Waals surface area contributed by atoms with Gasteiger partial charge in [-0.15, -0.1) is 6.54 Å². The van der Waals surface area contributed by atoms with E-state index in [2.05, 4.69) is 25.8 Å². The van der Waals surface area contributed by atoms with E-state index >= 15 is 0 Å². The van der Waals surface area contributed by atoms with Gasteiger partial charge in [0.25, 0.3) is 6.43 Å². The Hall–Kier alpha value is -2.31. The molecule has 44 heavy (non-hydrogen) atoms. The van der Waals surface area contributed by atoms with Crippen LogP contribution in [-0.2, 0) is 11.2 Å². The van der Waals surface area contributed by atoms with Crippen molar-refractivity contribution in [2.75, 3.05) is 70.9 Å². The maximum Gasteiger partial charge on any atom is 0.264 e. The molecule has 5 rings (SSSR count). The molecule has 0 aromatic heterocycles. The van der Waals surface area contributed by atoms with E-state index in [0.29, 0.717) is 36.8 Å². The van der Waals surface area contributed by atoms with Crippen LogP contribution in [0.2, 0.25) is 0 Å². The van der Waals surface area contributed by atoms with Gasteiger partial charge < -0.3 is 42.1 Å². The number of nitrogens with two attached hydrogens (primary N) is 1. The van der Waals surface area contributed by atoms with Crippen LogP contribution in [0.3, 0.4) is 0 Å². The molecule has 0 aliphatic carbocycles. The molecule has 3 fully saturated rings. The molecule has 1 amide bonds. The number of benzene rings is 1. The Kier molecular flexibility index (Phi) is 11.5. The molecule has 0 saturated carbocycles. The molecule has 9 nitrogen and oxygen atoms in total. The zero-order valence-electron chi connectivity index (χ0n) is 26.6. The summed E-state index contributed by atoms with van der Waals surface area (Å²) < 4.78 is 28.8. The molecule has 0 spiro atoms. The third kappa shape index (κ3) is 7.73. The van der Waals surface area contributed by atoms with Crippen molar-refractivity contribution in [3.05, 3.63) is 40.8 Å². The number of fused-ring (bicyclic) bond motifs is 1. The SMILES string of the molecule is CN/C=C(\C[NH-])c1cc2c(cc1C(F)F)N(C(N)C1CN(C(C)=O)CCC1NC1CCN(CC3CCNCC3)CC1)CCC2. The summed E-state index contributed by atoms with van der Waals surface area (Å²) in [5.74, 6) is 0.815. The summed E-state index contributed by atoms with van der Waals surface area (Å²) in [6, 6.07) is 4.02.